The Morgan fingerprint density at radius 2 is 1.54 bits per heavy atom. The zero-order chi connectivity index (χ0) is 20.1. The number of aryl methyl sites for hydroxylation is 4. The predicted molar refractivity (Wildman–Crippen MR) is 114 cm³/mol. The topological polar surface area (TPSA) is 29.1 Å². The predicted octanol–water partition coefficient (Wildman–Crippen LogP) is 6.09. The first-order valence-corrected chi connectivity index (χ1v) is 9.22. The molecule has 0 saturated carbocycles. The minimum Gasteiger partial charge on any atom is -0.326 e. The normalized spacial score (nSPS) is 10.5. The first kappa shape index (κ1) is 23.5. The molecule has 2 heteroatoms. The number of carbonyl (C=O) groups is 1. The van der Waals surface area contributed by atoms with Gasteiger partial charge in [0.1, 0.15) is 0 Å². The molecule has 2 aromatic rings. The van der Waals surface area contributed by atoms with Crippen molar-refractivity contribution in [2.45, 2.75) is 54.4 Å². The molecule has 0 aliphatic rings. The fourth-order valence-electron chi connectivity index (χ4n) is 2.35. The van der Waals surface area contributed by atoms with Crippen LogP contribution in [0, 0.1) is 39.5 Å². The van der Waals surface area contributed by atoms with E-state index in [9.17, 15) is 4.79 Å². The Morgan fingerprint density at radius 3 is 2.08 bits per heavy atom. The maximum atomic E-state index is 12.3. The van der Waals surface area contributed by atoms with Crippen molar-refractivity contribution in [2.75, 3.05) is 5.32 Å². The molecule has 0 radical (unpaired) electrons. The lowest BCUT2D eigenvalue weighted by atomic mass is 9.99. The van der Waals surface area contributed by atoms with Gasteiger partial charge in [0.15, 0.2) is 0 Å². The summed E-state index contributed by atoms with van der Waals surface area (Å²) in [5.41, 5.74) is 5.88. The summed E-state index contributed by atoms with van der Waals surface area (Å²) in [6.07, 6.45) is 9.79. The number of hydrogen-bond donors (Lipinski definition) is 1. The van der Waals surface area contributed by atoms with E-state index in [1.165, 1.54) is 22.3 Å². The van der Waals surface area contributed by atoms with Crippen LogP contribution in [-0.2, 0) is 11.2 Å². The summed E-state index contributed by atoms with van der Waals surface area (Å²) in [6, 6.07) is 14.6. The minimum atomic E-state index is 0.00270. The van der Waals surface area contributed by atoms with E-state index in [4.69, 9.17) is 0 Å². The van der Waals surface area contributed by atoms with Gasteiger partial charge >= 0.3 is 0 Å². The van der Waals surface area contributed by atoms with Gasteiger partial charge in [-0.15, -0.1) is 12.8 Å². The molecule has 1 N–H and O–H groups in total. The Morgan fingerprint density at radius 1 is 0.962 bits per heavy atom. The molecule has 0 bridgehead atoms. The Kier molecular flexibility index (Phi) is 11.5. The average molecular weight is 352 g/mol. The molecular weight excluding hydrogens is 318 g/mol. The second-order valence-corrected chi connectivity index (χ2v) is 6.21. The van der Waals surface area contributed by atoms with Gasteiger partial charge in [-0.05, 0) is 62.4 Å². The van der Waals surface area contributed by atoms with Crippen LogP contribution in [0.25, 0.3) is 0 Å². The fourth-order valence-corrected chi connectivity index (χ4v) is 2.35. The SMILES string of the molecule is C#C.CC.Cc1ccc(CCC(C)C(=O)Nc2ccc(C)c(C)c2)cc1. The van der Waals surface area contributed by atoms with E-state index >= 15 is 0 Å². The second-order valence-electron chi connectivity index (χ2n) is 6.21. The van der Waals surface area contributed by atoms with Crippen LogP contribution in [0.15, 0.2) is 42.5 Å². The molecule has 2 nitrogen and oxygen atoms in total. The van der Waals surface area contributed by atoms with Crippen molar-refractivity contribution < 1.29 is 4.79 Å². The van der Waals surface area contributed by atoms with Crippen molar-refractivity contribution >= 4 is 11.6 Å². The van der Waals surface area contributed by atoms with Gasteiger partial charge < -0.3 is 5.32 Å². The average Bonchev–Trinajstić information content (AvgIpc) is 2.67. The van der Waals surface area contributed by atoms with Gasteiger partial charge in [-0.25, -0.2) is 0 Å². The number of amides is 1. The highest BCUT2D eigenvalue weighted by atomic mass is 16.1. The molecule has 26 heavy (non-hydrogen) atoms. The van der Waals surface area contributed by atoms with Gasteiger partial charge in [0.2, 0.25) is 5.91 Å². The fraction of sp³-hybridized carbons (Fsp3) is 0.375. The molecule has 0 aromatic heterocycles. The summed E-state index contributed by atoms with van der Waals surface area (Å²) in [5, 5.41) is 3.02. The van der Waals surface area contributed by atoms with Crippen molar-refractivity contribution in [2.24, 2.45) is 5.92 Å². The highest BCUT2D eigenvalue weighted by Gasteiger charge is 2.13. The summed E-state index contributed by atoms with van der Waals surface area (Å²) in [6.45, 7) is 12.2. The third-order valence-corrected chi connectivity index (χ3v) is 4.21. The quantitative estimate of drug-likeness (QED) is 0.648. The smallest absolute Gasteiger partial charge is 0.227 e. The number of anilines is 1. The van der Waals surface area contributed by atoms with Crippen LogP contribution in [0.4, 0.5) is 5.69 Å². The summed E-state index contributed by atoms with van der Waals surface area (Å²) in [5.74, 6) is 0.0956. The molecule has 2 aromatic carbocycles. The van der Waals surface area contributed by atoms with E-state index < -0.39 is 0 Å². The van der Waals surface area contributed by atoms with E-state index in [0.717, 1.165) is 18.5 Å². The van der Waals surface area contributed by atoms with Gasteiger partial charge in [0, 0.05) is 11.6 Å². The summed E-state index contributed by atoms with van der Waals surface area (Å²) >= 11 is 0. The number of carbonyl (C=O) groups excluding carboxylic acids is 1. The lowest BCUT2D eigenvalue weighted by molar-refractivity contribution is -0.119. The van der Waals surface area contributed by atoms with Crippen LogP contribution < -0.4 is 5.32 Å². The van der Waals surface area contributed by atoms with E-state index in [0.29, 0.717) is 0 Å². The van der Waals surface area contributed by atoms with Gasteiger partial charge in [-0.1, -0.05) is 56.7 Å². The monoisotopic (exact) mass is 351 g/mol. The maximum Gasteiger partial charge on any atom is 0.227 e. The number of rotatable bonds is 5. The lowest BCUT2D eigenvalue weighted by Gasteiger charge is -2.13. The zero-order valence-corrected chi connectivity index (χ0v) is 17.1. The van der Waals surface area contributed by atoms with Gasteiger partial charge in [0.05, 0.1) is 0 Å². The molecule has 0 heterocycles. The number of terminal acetylenes is 1. The first-order valence-electron chi connectivity index (χ1n) is 9.22. The largest absolute Gasteiger partial charge is 0.326 e. The highest BCUT2D eigenvalue weighted by Crippen LogP contribution is 2.17. The van der Waals surface area contributed by atoms with E-state index in [1.807, 2.05) is 39.0 Å². The molecule has 0 aliphatic carbocycles. The summed E-state index contributed by atoms with van der Waals surface area (Å²) in [4.78, 5) is 12.3. The Hall–Kier alpha value is -2.53. The van der Waals surface area contributed by atoms with Crippen LogP contribution >= 0.6 is 0 Å². The molecule has 2 rings (SSSR count). The van der Waals surface area contributed by atoms with E-state index in [1.54, 1.807) is 0 Å². The Bertz CT molecular complexity index is 683. The van der Waals surface area contributed by atoms with Crippen molar-refractivity contribution in [3.8, 4) is 12.8 Å². The second kappa shape index (κ2) is 12.8. The minimum absolute atomic E-state index is 0.00270. The zero-order valence-electron chi connectivity index (χ0n) is 17.1. The third kappa shape index (κ3) is 8.03. The van der Waals surface area contributed by atoms with Crippen LogP contribution in [0.5, 0.6) is 0 Å². The number of benzene rings is 2. The van der Waals surface area contributed by atoms with Crippen LogP contribution in [0.3, 0.4) is 0 Å². The van der Waals surface area contributed by atoms with Gasteiger partial charge in [-0.3, -0.25) is 4.79 Å². The molecule has 0 fully saturated rings. The molecule has 0 saturated heterocycles. The molecule has 1 unspecified atom stereocenters. The molecular formula is C24H33NO. The highest BCUT2D eigenvalue weighted by molar-refractivity contribution is 5.92. The molecule has 1 amide bonds. The van der Waals surface area contributed by atoms with Crippen LogP contribution in [0.2, 0.25) is 0 Å². The van der Waals surface area contributed by atoms with Crippen molar-refractivity contribution in [3.05, 3.63) is 64.7 Å². The lowest BCUT2D eigenvalue weighted by Crippen LogP contribution is -2.21. The number of hydrogen-bond acceptors (Lipinski definition) is 1. The van der Waals surface area contributed by atoms with Gasteiger partial charge in [-0.2, -0.15) is 0 Å². The molecule has 0 aliphatic heterocycles. The van der Waals surface area contributed by atoms with Gasteiger partial charge in [0.25, 0.3) is 0 Å². The van der Waals surface area contributed by atoms with Crippen molar-refractivity contribution in [3.63, 3.8) is 0 Å². The third-order valence-electron chi connectivity index (χ3n) is 4.21. The van der Waals surface area contributed by atoms with E-state index in [-0.39, 0.29) is 11.8 Å². The summed E-state index contributed by atoms with van der Waals surface area (Å²) < 4.78 is 0. The maximum absolute atomic E-state index is 12.3. The Balaban J connectivity index is 0.00000146. The molecule has 0 spiro atoms. The van der Waals surface area contributed by atoms with Crippen molar-refractivity contribution in [1.29, 1.82) is 0 Å². The molecule has 140 valence electrons. The molecule has 1 atom stereocenters. The van der Waals surface area contributed by atoms with Crippen LogP contribution in [-0.4, -0.2) is 5.91 Å². The standard InChI is InChI=1S/C20H25NO.C2H6.C2H2/c1-14-5-9-18(10-6-14)11-7-16(3)20(22)21-19-12-8-15(2)17(4)13-19;2*1-2/h5-6,8-10,12-13,16H,7,11H2,1-4H3,(H,21,22);1-2H3;1-2H. The summed E-state index contributed by atoms with van der Waals surface area (Å²) in [7, 11) is 0. The van der Waals surface area contributed by atoms with E-state index in [2.05, 4.69) is 63.2 Å². The Labute approximate surface area is 160 Å². The van der Waals surface area contributed by atoms with Crippen LogP contribution in [0.1, 0.15) is 49.4 Å². The first-order chi connectivity index (χ1) is 12.5. The number of nitrogens with one attached hydrogen (secondary N) is 1. The van der Waals surface area contributed by atoms with Crippen molar-refractivity contribution in [1.82, 2.24) is 0 Å².